The number of thioether (sulfide) groups is 1. The van der Waals surface area contributed by atoms with Crippen molar-refractivity contribution >= 4 is 51.5 Å². The smallest absolute Gasteiger partial charge is 0.194 e. The quantitative estimate of drug-likeness (QED) is 0.351. The minimum atomic E-state index is -3.12. The van der Waals surface area contributed by atoms with Crippen molar-refractivity contribution in [2.75, 3.05) is 37.7 Å². The van der Waals surface area contributed by atoms with Crippen LogP contribution in [-0.2, 0) is 9.84 Å². The fraction of sp³-hybridized carbons (Fsp3) is 0.944. The van der Waals surface area contributed by atoms with E-state index < -0.39 is 14.6 Å². The molecule has 5 nitrogen and oxygen atoms in total. The zero-order chi connectivity index (χ0) is 18.6. The van der Waals surface area contributed by atoms with Gasteiger partial charge in [0.05, 0.1) is 17.0 Å². The van der Waals surface area contributed by atoms with Gasteiger partial charge < -0.3 is 10.2 Å². The van der Waals surface area contributed by atoms with Crippen molar-refractivity contribution in [1.29, 1.82) is 0 Å². The second-order valence-corrected chi connectivity index (χ2v) is 12.6. The lowest BCUT2D eigenvalue weighted by molar-refractivity contribution is 0.293. The third-order valence-corrected chi connectivity index (χ3v) is 9.32. The molecule has 1 aliphatic carbocycles. The molecule has 0 aromatic carbocycles. The number of rotatable bonds is 4. The van der Waals surface area contributed by atoms with Gasteiger partial charge in [0, 0.05) is 30.1 Å². The normalized spacial score (nSPS) is 21.4. The third kappa shape index (κ3) is 6.43. The number of nitrogens with one attached hydrogen (secondary N) is 1. The zero-order valence-electron chi connectivity index (χ0n) is 16.7. The number of halogens is 1. The van der Waals surface area contributed by atoms with Crippen LogP contribution < -0.4 is 5.32 Å². The van der Waals surface area contributed by atoms with Gasteiger partial charge in [0.2, 0.25) is 0 Å². The van der Waals surface area contributed by atoms with Crippen molar-refractivity contribution in [3.05, 3.63) is 0 Å². The summed E-state index contributed by atoms with van der Waals surface area (Å²) in [6.45, 7) is 10.5. The lowest BCUT2D eigenvalue weighted by Crippen LogP contribution is -2.53. The maximum absolute atomic E-state index is 12.3. The highest BCUT2D eigenvalue weighted by atomic mass is 127. The molecule has 1 saturated carbocycles. The molecule has 2 aliphatic rings. The Morgan fingerprint density at radius 2 is 1.88 bits per heavy atom. The van der Waals surface area contributed by atoms with Gasteiger partial charge in [-0.1, -0.05) is 19.3 Å². The molecule has 2 fully saturated rings. The Balaban J connectivity index is 0.00000338. The lowest BCUT2D eigenvalue weighted by atomic mass is 9.87. The second-order valence-electron chi connectivity index (χ2n) is 8.18. The first-order chi connectivity index (χ1) is 11.7. The molecule has 26 heavy (non-hydrogen) atoms. The second kappa shape index (κ2) is 10.2. The minimum Gasteiger partial charge on any atom is -0.357 e. The van der Waals surface area contributed by atoms with E-state index in [9.17, 15) is 8.42 Å². The molecule has 1 aliphatic heterocycles. The van der Waals surface area contributed by atoms with Gasteiger partial charge in [-0.25, -0.2) is 8.42 Å². The summed E-state index contributed by atoms with van der Waals surface area (Å²) < 4.78 is 24.3. The van der Waals surface area contributed by atoms with Crippen LogP contribution in [0.2, 0.25) is 0 Å². The Labute approximate surface area is 181 Å². The molecule has 0 unspecified atom stereocenters. The molecule has 1 heterocycles. The van der Waals surface area contributed by atoms with Gasteiger partial charge in [-0.15, -0.1) is 24.0 Å². The van der Waals surface area contributed by atoms with Crippen molar-refractivity contribution in [1.82, 2.24) is 10.2 Å². The molecule has 1 N–H and O–H groups in total. The van der Waals surface area contributed by atoms with E-state index >= 15 is 0 Å². The van der Waals surface area contributed by atoms with E-state index in [2.05, 4.69) is 33.9 Å². The highest BCUT2D eigenvalue weighted by Crippen LogP contribution is 2.42. The number of sulfone groups is 1. The third-order valence-electron chi connectivity index (χ3n) is 5.20. The van der Waals surface area contributed by atoms with E-state index in [1.807, 2.05) is 0 Å². The van der Waals surface area contributed by atoms with Gasteiger partial charge in [0.1, 0.15) is 0 Å². The molecule has 0 atom stereocenters. The van der Waals surface area contributed by atoms with Crippen LogP contribution in [0.3, 0.4) is 0 Å². The van der Waals surface area contributed by atoms with Gasteiger partial charge in [-0.2, -0.15) is 11.8 Å². The average molecular weight is 518 g/mol. The summed E-state index contributed by atoms with van der Waals surface area (Å²) in [4.78, 5) is 7.01. The Morgan fingerprint density at radius 3 is 2.46 bits per heavy atom. The van der Waals surface area contributed by atoms with Gasteiger partial charge in [0.15, 0.2) is 15.8 Å². The first-order valence-corrected chi connectivity index (χ1v) is 12.2. The standard InChI is InChI=1S/C18H35N3O2S2.HI/c1-5-19-16(20-11-14-25(22,23)17(2,3)4)21-12-13-24-18(15-21)9-7-6-8-10-18;/h5-15H2,1-4H3,(H,19,20);1H. The molecular formula is C18H36IN3O2S2. The van der Waals surface area contributed by atoms with E-state index in [0.717, 1.165) is 31.3 Å². The van der Waals surface area contributed by atoms with Gasteiger partial charge in [-0.3, -0.25) is 4.99 Å². The number of hydrogen-bond donors (Lipinski definition) is 1. The Morgan fingerprint density at radius 1 is 1.23 bits per heavy atom. The van der Waals surface area contributed by atoms with Crippen LogP contribution in [0.5, 0.6) is 0 Å². The fourth-order valence-electron chi connectivity index (χ4n) is 3.53. The summed E-state index contributed by atoms with van der Waals surface area (Å²) in [6, 6.07) is 0. The molecular weight excluding hydrogens is 481 g/mol. The molecule has 0 amide bonds. The monoisotopic (exact) mass is 517 g/mol. The van der Waals surface area contributed by atoms with E-state index in [4.69, 9.17) is 0 Å². The van der Waals surface area contributed by atoms with Crippen LogP contribution in [0.15, 0.2) is 4.99 Å². The molecule has 154 valence electrons. The Bertz CT molecular complexity index is 562. The highest BCUT2D eigenvalue weighted by molar-refractivity contribution is 14.0. The van der Waals surface area contributed by atoms with Gasteiger partial charge in [-0.05, 0) is 40.5 Å². The maximum Gasteiger partial charge on any atom is 0.194 e. The predicted molar refractivity (Wildman–Crippen MR) is 125 cm³/mol. The fourth-order valence-corrected chi connectivity index (χ4v) is 6.04. The predicted octanol–water partition coefficient (Wildman–Crippen LogP) is 3.53. The summed E-state index contributed by atoms with van der Waals surface area (Å²) in [7, 11) is -3.12. The van der Waals surface area contributed by atoms with Crippen LogP contribution in [0, 0.1) is 0 Å². The molecule has 0 aromatic heterocycles. The molecule has 0 bridgehead atoms. The number of aliphatic imine (C=N–C) groups is 1. The van der Waals surface area contributed by atoms with Crippen LogP contribution in [0.1, 0.15) is 59.8 Å². The summed E-state index contributed by atoms with van der Waals surface area (Å²) in [5.74, 6) is 2.13. The van der Waals surface area contributed by atoms with Crippen LogP contribution >= 0.6 is 35.7 Å². The molecule has 1 saturated heterocycles. The number of nitrogens with zero attached hydrogens (tertiary/aromatic N) is 2. The summed E-state index contributed by atoms with van der Waals surface area (Å²) in [6.07, 6.45) is 6.62. The van der Waals surface area contributed by atoms with Crippen LogP contribution in [0.4, 0.5) is 0 Å². The molecule has 1 spiro atoms. The zero-order valence-corrected chi connectivity index (χ0v) is 20.7. The number of guanidine groups is 1. The van der Waals surface area contributed by atoms with Crippen molar-refractivity contribution in [3.8, 4) is 0 Å². The van der Waals surface area contributed by atoms with Crippen molar-refractivity contribution in [2.45, 2.75) is 69.3 Å². The summed E-state index contributed by atoms with van der Waals surface area (Å²) in [5.41, 5.74) is 0. The number of hydrogen-bond acceptors (Lipinski definition) is 4. The molecule has 2 rings (SSSR count). The summed E-state index contributed by atoms with van der Waals surface area (Å²) >= 11 is 2.14. The highest BCUT2D eigenvalue weighted by Gasteiger charge is 2.38. The van der Waals surface area contributed by atoms with Crippen molar-refractivity contribution < 1.29 is 8.42 Å². The maximum atomic E-state index is 12.3. The molecule has 8 heteroatoms. The van der Waals surface area contributed by atoms with E-state index in [1.54, 1.807) is 20.8 Å². The van der Waals surface area contributed by atoms with Crippen molar-refractivity contribution in [2.24, 2.45) is 4.99 Å². The first-order valence-electron chi connectivity index (χ1n) is 9.59. The van der Waals surface area contributed by atoms with E-state index in [0.29, 0.717) is 11.3 Å². The van der Waals surface area contributed by atoms with Crippen LogP contribution in [0.25, 0.3) is 0 Å². The van der Waals surface area contributed by atoms with E-state index in [1.165, 1.54) is 32.1 Å². The largest absolute Gasteiger partial charge is 0.357 e. The molecule has 0 aromatic rings. The Hall–Kier alpha value is 0.300. The Kier molecular flexibility index (Phi) is 9.53. The van der Waals surface area contributed by atoms with Gasteiger partial charge in [0.25, 0.3) is 0 Å². The van der Waals surface area contributed by atoms with Crippen molar-refractivity contribution in [3.63, 3.8) is 0 Å². The van der Waals surface area contributed by atoms with E-state index in [-0.39, 0.29) is 29.7 Å². The summed E-state index contributed by atoms with van der Waals surface area (Å²) in [5, 5.41) is 3.37. The first kappa shape index (κ1) is 24.3. The SMILES string of the molecule is CCNC(=NCCS(=O)(=O)C(C)(C)C)N1CCSC2(CCCCC2)C1.I. The van der Waals surface area contributed by atoms with Crippen LogP contribution in [-0.4, -0.2) is 66.5 Å². The molecule has 0 radical (unpaired) electrons. The minimum absolute atomic E-state index is 0. The van der Waals surface area contributed by atoms with Gasteiger partial charge >= 0.3 is 0 Å². The lowest BCUT2D eigenvalue weighted by Gasteiger charge is -2.45. The average Bonchev–Trinajstić information content (AvgIpc) is 2.53. The topological polar surface area (TPSA) is 61.8 Å².